The van der Waals surface area contributed by atoms with E-state index in [1.165, 1.54) is 0 Å². The van der Waals surface area contributed by atoms with Gasteiger partial charge in [0.15, 0.2) is 0 Å². The van der Waals surface area contributed by atoms with Crippen LogP contribution < -0.4 is 14.2 Å². The Morgan fingerprint density at radius 2 is 1.52 bits per heavy atom. The van der Waals surface area contributed by atoms with Gasteiger partial charge in [-0.2, -0.15) is 0 Å². The average Bonchev–Trinajstić information content (AvgIpc) is 2.67. The molecule has 0 fully saturated rings. The molecule has 0 saturated carbocycles. The van der Waals surface area contributed by atoms with E-state index in [9.17, 15) is 8.42 Å². The zero-order valence-electron chi connectivity index (χ0n) is 15.4. The molecule has 0 heterocycles. The second kappa shape index (κ2) is 7.72. The lowest BCUT2D eigenvalue weighted by molar-refractivity contribution is 0.414. The molecule has 0 aromatic heterocycles. The van der Waals surface area contributed by atoms with E-state index in [2.05, 4.69) is 4.72 Å². The van der Waals surface area contributed by atoms with Crippen LogP contribution in [0.15, 0.2) is 66.7 Å². The highest BCUT2D eigenvalue weighted by Gasteiger charge is 2.14. The summed E-state index contributed by atoms with van der Waals surface area (Å²) < 4.78 is 36.8. The van der Waals surface area contributed by atoms with Crippen LogP contribution in [-0.4, -0.2) is 28.9 Å². The zero-order chi connectivity index (χ0) is 19.4. The molecule has 0 atom stereocenters. The third-order valence-electron chi connectivity index (χ3n) is 4.12. The molecule has 140 valence electrons. The minimum absolute atomic E-state index is 0.507. The number of nitrogens with one attached hydrogen (secondary N) is 1. The van der Waals surface area contributed by atoms with Gasteiger partial charge in [-0.15, -0.1) is 0 Å². The lowest BCUT2D eigenvalue weighted by Crippen LogP contribution is -2.10. The van der Waals surface area contributed by atoms with Gasteiger partial charge in [-0.25, -0.2) is 8.42 Å². The minimum atomic E-state index is -3.39. The summed E-state index contributed by atoms with van der Waals surface area (Å²) in [6.45, 7) is 0. The number of hydrogen-bond donors (Lipinski definition) is 1. The lowest BCUT2D eigenvalue weighted by Gasteiger charge is -2.15. The molecule has 0 bridgehead atoms. The van der Waals surface area contributed by atoms with Gasteiger partial charge in [0.2, 0.25) is 10.0 Å². The van der Waals surface area contributed by atoms with Crippen LogP contribution in [0.5, 0.6) is 11.5 Å². The Kier molecular flexibility index (Phi) is 5.37. The maximum atomic E-state index is 11.7. The molecule has 27 heavy (non-hydrogen) atoms. The molecule has 6 heteroatoms. The number of sulfonamides is 1. The number of anilines is 1. The summed E-state index contributed by atoms with van der Waals surface area (Å²) >= 11 is 0. The second-order valence-corrected chi connectivity index (χ2v) is 7.82. The maximum Gasteiger partial charge on any atom is 0.229 e. The molecule has 5 nitrogen and oxygen atoms in total. The number of methoxy groups -OCH3 is 2. The third-order valence-corrected chi connectivity index (χ3v) is 4.71. The van der Waals surface area contributed by atoms with Crippen molar-refractivity contribution in [3.8, 4) is 33.8 Å². The molecule has 0 aliphatic heterocycles. The van der Waals surface area contributed by atoms with Crippen molar-refractivity contribution in [2.24, 2.45) is 0 Å². The Hall–Kier alpha value is -2.99. The van der Waals surface area contributed by atoms with Gasteiger partial charge >= 0.3 is 0 Å². The summed E-state index contributed by atoms with van der Waals surface area (Å²) in [6, 6.07) is 20.8. The maximum absolute atomic E-state index is 11.7. The first-order valence-corrected chi connectivity index (χ1v) is 10.2. The van der Waals surface area contributed by atoms with E-state index in [-0.39, 0.29) is 0 Å². The molecule has 3 aromatic carbocycles. The van der Waals surface area contributed by atoms with Crippen LogP contribution in [0.25, 0.3) is 22.3 Å². The first kappa shape index (κ1) is 18.8. The minimum Gasteiger partial charge on any atom is -0.497 e. The standard InChI is InChI=1S/C21H21NO4S/c1-25-17-8-6-7-15(13-17)16-11-12-19(21(14-16)26-2)18-9-4-5-10-20(18)22-27(3,23)24/h4-14,22H,1-3H3. The summed E-state index contributed by atoms with van der Waals surface area (Å²) in [7, 11) is -0.159. The van der Waals surface area contributed by atoms with Gasteiger partial charge in [0.25, 0.3) is 0 Å². The molecule has 0 radical (unpaired) electrons. The summed E-state index contributed by atoms with van der Waals surface area (Å²) in [5.41, 5.74) is 4.03. The van der Waals surface area contributed by atoms with Crippen LogP contribution in [0.3, 0.4) is 0 Å². The predicted molar refractivity (Wildman–Crippen MR) is 109 cm³/mol. The molecular formula is C21H21NO4S. The number of hydrogen-bond acceptors (Lipinski definition) is 4. The van der Waals surface area contributed by atoms with Crippen LogP contribution in [0.2, 0.25) is 0 Å². The summed E-state index contributed by atoms with van der Waals surface area (Å²) in [5.74, 6) is 1.43. The Bertz CT molecular complexity index is 1060. The first-order valence-electron chi connectivity index (χ1n) is 8.31. The highest BCUT2D eigenvalue weighted by Crippen LogP contribution is 2.38. The van der Waals surface area contributed by atoms with Crippen LogP contribution in [-0.2, 0) is 10.0 Å². The largest absolute Gasteiger partial charge is 0.497 e. The van der Waals surface area contributed by atoms with Crippen molar-refractivity contribution < 1.29 is 17.9 Å². The zero-order valence-corrected chi connectivity index (χ0v) is 16.2. The highest BCUT2D eigenvalue weighted by molar-refractivity contribution is 7.92. The monoisotopic (exact) mass is 383 g/mol. The predicted octanol–water partition coefficient (Wildman–Crippen LogP) is 4.41. The average molecular weight is 383 g/mol. The van der Waals surface area contributed by atoms with Crippen LogP contribution >= 0.6 is 0 Å². The van der Waals surface area contributed by atoms with E-state index >= 15 is 0 Å². The molecule has 0 spiro atoms. The van der Waals surface area contributed by atoms with Gasteiger partial charge in [-0.05, 0) is 41.5 Å². The van der Waals surface area contributed by atoms with Gasteiger partial charge < -0.3 is 9.47 Å². The quantitative estimate of drug-likeness (QED) is 0.685. The van der Waals surface area contributed by atoms with E-state index < -0.39 is 10.0 Å². The molecular weight excluding hydrogens is 362 g/mol. The Morgan fingerprint density at radius 1 is 0.778 bits per heavy atom. The highest BCUT2D eigenvalue weighted by atomic mass is 32.2. The molecule has 0 amide bonds. The fraction of sp³-hybridized carbons (Fsp3) is 0.143. The van der Waals surface area contributed by atoms with Gasteiger partial charge in [0.05, 0.1) is 26.2 Å². The Balaban J connectivity index is 2.08. The number of ether oxygens (including phenoxy) is 2. The van der Waals surface area contributed by atoms with Gasteiger partial charge in [-0.1, -0.05) is 36.4 Å². The van der Waals surface area contributed by atoms with Crippen molar-refractivity contribution in [1.29, 1.82) is 0 Å². The van der Waals surface area contributed by atoms with Crippen LogP contribution in [0.1, 0.15) is 0 Å². The van der Waals surface area contributed by atoms with Crippen molar-refractivity contribution in [2.75, 3.05) is 25.2 Å². The van der Waals surface area contributed by atoms with Crippen molar-refractivity contribution in [1.82, 2.24) is 0 Å². The SMILES string of the molecule is COc1cccc(-c2ccc(-c3ccccc3NS(C)(=O)=O)c(OC)c2)c1. The third kappa shape index (κ3) is 4.41. The molecule has 0 saturated heterocycles. The fourth-order valence-electron chi connectivity index (χ4n) is 2.90. The van der Waals surface area contributed by atoms with Gasteiger partial charge in [0.1, 0.15) is 11.5 Å². The molecule has 0 aliphatic rings. The smallest absolute Gasteiger partial charge is 0.229 e. The summed E-state index contributed by atoms with van der Waals surface area (Å²) in [6.07, 6.45) is 1.13. The summed E-state index contributed by atoms with van der Waals surface area (Å²) in [5, 5.41) is 0. The molecule has 1 N–H and O–H groups in total. The second-order valence-electron chi connectivity index (χ2n) is 6.07. The molecule has 0 aliphatic carbocycles. The van der Waals surface area contributed by atoms with Crippen molar-refractivity contribution >= 4 is 15.7 Å². The molecule has 0 unspecified atom stereocenters. The number of rotatable bonds is 6. The van der Waals surface area contributed by atoms with E-state index in [1.807, 2.05) is 54.6 Å². The number of para-hydroxylation sites is 1. The Labute approximate surface area is 159 Å². The molecule has 3 aromatic rings. The fourth-order valence-corrected chi connectivity index (χ4v) is 3.48. The van der Waals surface area contributed by atoms with Crippen LogP contribution in [0.4, 0.5) is 5.69 Å². The van der Waals surface area contributed by atoms with E-state index in [1.54, 1.807) is 26.4 Å². The Morgan fingerprint density at radius 3 is 2.22 bits per heavy atom. The lowest BCUT2D eigenvalue weighted by atomic mass is 9.98. The summed E-state index contributed by atoms with van der Waals surface area (Å²) in [4.78, 5) is 0. The van der Waals surface area contributed by atoms with Crippen molar-refractivity contribution in [3.63, 3.8) is 0 Å². The number of benzene rings is 3. The van der Waals surface area contributed by atoms with Gasteiger partial charge in [-0.3, -0.25) is 4.72 Å². The topological polar surface area (TPSA) is 64.6 Å². The van der Waals surface area contributed by atoms with Crippen molar-refractivity contribution in [3.05, 3.63) is 66.7 Å². The van der Waals surface area contributed by atoms with Gasteiger partial charge in [0, 0.05) is 11.1 Å². The van der Waals surface area contributed by atoms with E-state index in [0.717, 1.165) is 34.3 Å². The van der Waals surface area contributed by atoms with E-state index in [4.69, 9.17) is 9.47 Å². The van der Waals surface area contributed by atoms with E-state index in [0.29, 0.717) is 11.4 Å². The van der Waals surface area contributed by atoms with Crippen LogP contribution in [0, 0.1) is 0 Å². The van der Waals surface area contributed by atoms with Crippen molar-refractivity contribution in [2.45, 2.75) is 0 Å². The normalized spacial score (nSPS) is 11.1. The molecule has 3 rings (SSSR count). The first-order chi connectivity index (χ1) is 12.9.